The first-order valence-electron chi connectivity index (χ1n) is 5.00. The minimum absolute atomic E-state index is 0.0812. The van der Waals surface area contributed by atoms with Crippen LogP contribution in [-0.2, 0) is 4.74 Å². The Hall–Kier alpha value is -2.23. The second-order valence-electron chi connectivity index (χ2n) is 3.15. The average Bonchev–Trinajstić information content (AvgIpc) is 2.35. The second kappa shape index (κ2) is 6.37. The van der Waals surface area contributed by atoms with Gasteiger partial charge in [0.2, 0.25) is 0 Å². The third-order valence-electron chi connectivity index (χ3n) is 1.99. The Bertz CT molecular complexity index is 435. The number of methoxy groups -OCH3 is 1. The van der Waals surface area contributed by atoms with Crippen molar-refractivity contribution < 1.29 is 19.4 Å². The summed E-state index contributed by atoms with van der Waals surface area (Å²) in [6, 6.07) is 4.39. The lowest BCUT2D eigenvalue weighted by Gasteiger charge is -2.06. The monoisotopic (exact) mass is 234 g/mol. The molecule has 90 valence electrons. The van der Waals surface area contributed by atoms with Gasteiger partial charge in [-0.25, -0.2) is 4.79 Å². The van der Waals surface area contributed by atoms with Crippen molar-refractivity contribution in [3.05, 3.63) is 48.6 Å². The highest BCUT2D eigenvalue weighted by Gasteiger charge is 2.12. The van der Waals surface area contributed by atoms with Crippen molar-refractivity contribution in [3.8, 4) is 11.5 Å². The molecule has 0 fully saturated rings. The van der Waals surface area contributed by atoms with Crippen LogP contribution in [0.25, 0.3) is 0 Å². The van der Waals surface area contributed by atoms with Gasteiger partial charge in [-0.15, -0.1) is 0 Å². The molecule has 1 aromatic carbocycles. The fraction of sp³-hybridized carbons (Fsp3) is 0.154. The van der Waals surface area contributed by atoms with E-state index in [1.54, 1.807) is 24.3 Å². The van der Waals surface area contributed by atoms with Crippen molar-refractivity contribution in [3.63, 3.8) is 0 Å². The van der Waals surface area contributed by atoms with Crippen LogP contribution in [0, 0.1) is 0 Å². The van der Waals surface area contributed by atoms with Gasteiger partial charge in [-0.3, -0.25) is 0 Å². The number of hydrogen-bond acceptors (Lipinski definition) is 4. The van der Waals surface area contributed by atoms with E-state index in [9.17, 15) is 9.90 Å². The lowest BCUT2D eigenvalue weighted by atomic mass is 10.2. The van der Waals surface area contributed by atoms with Gasteiger partial charge in [-0.2, -0.15) is 0 Å². The number of phenols is 1. The van der Waals surface area contributed by atoms with E-state index in [0.717, 1.165) is 0 Å². The molecule has 0 radical (unpaired) electrons. The summed E-state index contributed by atoms with van der Waals surface area (Å²) in [7, 11) is 1.25. The van der Waals surface area contributed by atoms with Gasteiger partial charge < -0.3 is 14.6 Å². The molecule has 17 heavy (non-hydrogen) atoms. The van der Waals surface area contributed by atoms with Crippen molar-refractivity contribution in [1.29, 1.82) is 0 Å². The van der Waals surface area contributed by atoms with E-state index >= 15 is 0 Å². The predicted molar refractivity (Wildman–Crippen MR) is 64.3 cm³/mol. The number of allylic oxidation sites excluding steroid dienone is 2. The van der Waals surface area contributed by atoms with Crippen LogP contribution in [0.2, 0.25) is 0 Å². The van der Waals surface area contributed by atoms with Gasteiger partial charge in [0.1, 0.15) is 23.7 Å². The molecular weight excluding hydrogens is 220 g/mol. The van der Waals surface area contributed by atoms with E-state index < -0.39 is 5.97 Å². The maximum atomic E-state index is 11.3. The molecule has 1 N–H and O–H groups in total. The Labute approximate surface area is 99.8 Å². The molecule has 0 aliphatic heterocycles. The molecule has 1 aromatic rings. The fourth-order valence-electron chi connectivity index (χ4n) is 1.17. The van der Waals surface area contributed by atoms with Crippen LogP contribution >= 0.6 is 0 Å². The van der Waals surface area contributed by atoms with E-state index in [2.05, 4.69) is 11.3 Å². The van der Waals surface area contributed by atoms with Crippen LogP contribution in [0.4, 0.5) is 0 Å². The smallest absolute Gasteiger partial charge is 0.341 e. The molecule has 4 nitrogen and oxygen atoms in total. The molecule has 0 saturated heterocycles. The first-order valence-corrected chi connectivity index (χ1v) is 5.00. The SMILES string of the molecule is C=C/C=C/COc1ccc(O)c(C(=O)OC)c1. The van der Waals surface area contributed by atoms with Crippen LogP contribution in [-0.4, -0.2) is 24.8 Å². The van der Waals surface area contributed by atoms with Crippen molar-refractivity contribution in [2.75, 3.05) is 13.7 Å². The molecule has 0 amide bonds. The van der Waals surface area contributed by atoms with Crippen LogP contribution in [0.3, 0.4) is 0 Å². The highest BCUT2D eigenvalue weighted by atomic mass is 16.5. The van der Waals surface area contributed by atoms with Crippen LogP contribution in [0.1, 0.15) is 10.4 Å². The molecule has 0 spiro atoms. The maximum absolute atomic E-state index is 11.3. The Kier molecular flexibility index (Phi) is 4.81. The van der Waals surface area contributed by atoms with Crippen molar-refractivity contribution in [2.45, 2.75) is 0 Å². The predicted octanol–water partition coefficient (Wildman–Crippen LogP) is 2.30. The maximum Gasteiger partial charge on any atom is 0.341 e. The molecule has 0 aromatic heterocycles. The zero-order valence-corrected chi connectivity index (χ0v) is 9.55. The van der Waals surface area contributed by atoms with Gasteiger partial charge in [0.25, 0.3) is 0 Å². The van der Waals surface area contributed by atoms with Gasteiger partial charge in [0.05, 0.1) is 7.11 Å². The summed E-state index contributed by atoms with van der Waals surface area (Å²) in [5, 5.41) is 9.46. The van der Waals surface area contributed by atoms with Crippen LogP contribution < -0.4 is 4.74 Å². The molecule has 0 bridgehead atoms. The quantitative estimate of drug-likeness (QED) is 0.627. The number of phenolic OH excluding ortho intramolecular Hbond substituents is 1. The summed E-state index contributed by atoms with van der Waals surface area (Å²) in [6.07, 6.45) is 5.17. The van der Waals surface area contributed by atoms with Crippen molar-refractivity contribution >= 4 is 5.97 Å². The molecular formula is C13H14O4. The number of esters is 1. The van der Waals surface area contributed by atoms with E-state index in [0.29, 0.717) is 12.4 Å². The summed E-state index contributed by atoms with van der Waals surface area (Å²) in [4.78, 5) is 11.3. The van der Waals surface area contributed by atoms with Crippen LogP contribution in [0.15, 0.2) is 43.0 Å². The fourth-order valence-corrected chi connectivity index (χ4v) is 1.17. The molecule has 0 saturated carbocycles. The van der Waals surface area contributed by atoms with Gasteiger partial charge in [0, 0.05) is 0 Å². The summed E-state index contributed by atoms with van der Waals surface area (Å²) in [5.74, 6) is -0.252. The topological polar surface area (TPSA) is 55.8 Å². The van der Waals surface area contributed by atoms with Crippen molar-refractivity contribution in [2.24, 2.45) is 0 Å². The number of carbonyl (C=O) groups is 1. The number of aromatic hydroxyl groups is 1. The number of rotatable bonds is 5. The highest BCUT2D eigenvalue weighted by molar-refractivity contribution is 5.92. The average molecular weight is 234 g/mol. The number of ether oxygens (including phenoxy) is 2. The van der Waals surface area contributed by atoms with Gasteiger partial charge in [-0.1, -0.05) is 18.7 Å². The third kappa shape index (κ3) is 3.68. The number of carbonyl (C=O) groups excluding carboxylic acids is 1. The largest absolute Gasteiger partial charge is 0.507 e. The summed E-state index contributed by atoms with van der Waals surface area (Å²) >= 11 is 0. The third-order valence-corrected chi connectivity index (χ3v) is 1.99. The molecule has 0 aliphatic rings. The first-order chi connectivity index (χ1) is 8.19. The Morgan fingerprint density at radius 2 is 2.29 bits per heavy atom. The molecule has 0 aliphatic carbocycles. The summed E-state index contributed by atoms with van der Waals surface area (Å²) in [5.41, 5.74) is 0.0812. The molecule has 0 heterocycles. The highest BCUT2D eigenvalue weighted by Crippen LogP contribution is 2.23. The molecule has 0 atom stereocenters. The van der Waals surface area contributed by atoms with E-state index in [1.807, 2.05) is 0 Å². The van der Waals surface area contributed by atoms with E-state index in [1.165, 1.54) is 19.2 Å². The van der Waals surface area contributed by atoms with Gasteiger partial charge in [0.15, 0.2) is 0 Å². The molecule has 4 heteroatoms. The summed E-state index contributed by atoms with van der Waals surface area (Å²) < 4.78 is 9.88. The zero-order valence-electron chi connectivity index (χ0n) is 9.55. The normalized spacial score (nSPS) is 10.2. The number of benzene rings is 1. The van der Waals surface area contributed by atoms with Gasteiger partial charge >= 0.3 is 5.97 Å². The Balaban J connectivity index is 2.78. The summed E-state index contributed by atoms with van der Waals surface area (Å²) in [6.45, 7) is 3.89. The van der Waals surface area contributed by atoms with Crippen molar-refractivity contribution in [1.82, 2.24) is 0 Å². The van der Waals surface area contributed by atoms with E-state index in [-0.39, 0.29) is 11.3 Å². The minimum Gasteiger partial charge on any atom is -0.507 e. The second-order valence-corrected chi connectivity index (χ2v) is 3.15. The number of hydrogen-bond donors (Lipinski definition) is 1. The van der Waals surface area contributed by atoms with E-state index in [4.69, 9.17) is 4.74 Å². The Morgan fingerprint density at radius 3 is 2.94 bits per heavy atom. The first kappa shape index (κ1) is 12.8. The standard InChI is InChI=1S/C13H14O4/c1-3-4-5-8-17-10-6-7-12(14)11(9-10)13(15)16-2/h3-7,9,14H,1,8H2,2H3/b5-4+. The molecule has 0 unspecified atom stereocenters. The lowest BCUT2D eigenvalue weighted by Crippen LogP contribution is -2.02. The van der Waals surface area contributed by atoms with Gasteiger partial charge in [-0.05, 0) is 24.3 Å². The molecule has 1 rings (SSSR count). The Morgan fingerprint density at radius 1 is 1.53 bits per heavy atom. The lowest BCUT2D eigenvalue weighted by molar-refractivity contribution is 0.0597. The van der Waals surface area contributed by atoms with Crippen LogP contribution in [0.5, 0.6) is 11.5 Å². The minimum atomic E-state index is -0.602. The zero-order chi connectivity index (χ0) is 12.7.